The van der Waals surface area contributed by atoms with Crippen LogP contribution in [0.25, 0.3) is 0 Å². The molecule has 1 aliphatic rings. The normalized spacial score (nSPS) is 14.6. The van der Waals surface area contributed by atoms with Gasteiger partial charge in [-0.15, -0.1) is 0 Å². The number of fused-ring (bicyclic) bond motifs is 1. The van der Waals surface area contributed by atoms with Gasteiger partial charge in [-0.05, 0) is 37.1 Å². The Morgan fingerprint density at radius 1 is 1.24 bits per heavy atom. The number of hydrogen-bond acceptors (Lipinski definition) is 2. The van der Waals surface area contributed by atoms with Gasteiger partial charge in [0.25, 0.3) is 0 Å². The van der Waals surface area contributed by atoms with Gasteiger partial charge in [-0.2, -0.15) is 0 Å². The van der Waals surface area contributed by atoms with E-state index in [0.29, 0.717) is 6.04 Å². The first-order valence-electron chi connectivity index (χ1n) is 7.37. The molecule has 3 rings (SSSR count). The van der Waals surface area contributed by atoms with Gasteiger partial charge in [0.15, 0.2) is 0 Å². The Morgan fingerprint density at radius 2 is 2.00 bits per heavy atom. The summed E-state index contributed by atoms with van der Waals surface area (Å²) in [4.78, 5) is 0. The minimum atomic E-state index is 0.321. The van der Waals surface area contributed by atoms with E-state index >= 15 is 0 Å². The Balaban J connectivity index is 1.72. The summed E-state index contributed by atoms with van der Waals surface area (Å²) < 4.78 is 6.91. The molecule has 0 fully saturated rings. The van der Waals surface area contributed by atoms with Crippen LogP contribution in [0.4, 0.5) is 0 Å². The molecular weight excluding hydrogens is 326 g/mol. The van der Waals surface area contributed by atoms with Gasteiger partial charge in [0, 0.05) is 29.0 Å². The molecule has 3 heteroatoms. The maximum atomic E-state index is 5.78. The molecule has 0 radical (unpaired) electrons. The average Bonchev–Trinajstić information content (AvgIpc) is 2.93. The van der Waals surface area contributed by atoms with Crippen LogP contribution in [0, 0.1) is 6.92 Å². The lowest BCUT2D eigenvalue weighted by Gasteiger charge is -2.16. The molecule has 2 nitrogen and oxygen atoms in total. The fourth-order valence-corrected chi connectivity index (χ4v) is 3.27. The second-order valence-electron chi connectivity index (χ2n) is 5.66. The Labute approximate surface area is 134 Å². The van der Waals surface area contributed by atoms with Crippen LogP contribution in [0.2, 0.25) is 0 Å². The lowest BCUT2D eigenvalue weighted by atomic mass is 10.1. The van der Waals surface area contributed by atoms with Crippen LogP contribution in [0.5, 0.6) is 5.75 Å². The zero-order valence-corrected chi connectivity index (χ0v) is 14.0. The summed E-state index contributed by atoms with van der Waals surface area (Å²) in [5, 5.41) is 3.59. The SMILES string of the molecule is Cc1ccc([C@H](C)NCc2cc(Br)cc3c2OCC3)cc1. The van der Waals surface area contributed by atoms with Crippen molar-refractivity contribution in [2.75, 3.05) is 6.61 Å². The minimum Gasteiger partial charge on any atom is -0.493 e. The summed E-state index contributed by atoms with van der Waals surface area (Å²) in [6.07, 6.45) is 1.01. The Hall–Kier alpha value is -1.32. The number of nitrogens with one attached hydrogen (secondary N) is 1. The van der Waals surface area contributed by atoms with Gasteiger partial charge in [-0.25, -0.2) is 0 Å². The topological polar surface area (TPSA) is 21.3 Å². The minimum absolute atomic E-state index is 0.321. The largest absolute Gasteiger partial charge is 0.493 e. The van der Waals surface area contributed by atoms with E-state index in [1.165, 1.54) is 22.3 Å². The van der Waals surface area contributed by atoms with Crippen LogP contribution in [-0.4, -0.2) is 6.61 Å². The molecule has 0 saturated carbocycles. The van der Waals surface area contributed by atoms with E-state index in [0.717, 1.165) is 29.8 Å². The number of aryl methyl sites for hydroxylation is 1. The first-order chi connectivity index (χ1) is 10.1. The number of hydrogen-bond donors (Lipinski definition) is 1. The predicted molar refractivity (Wildman–Crippen MR) is 89.8 cm³/mol. The molecular formula is C18H20BrNO. The van der Waals surface area contributed by atoms with Crippen LogP contribution >= 0.6 is 15.9 Å². The van der Waals surface area contributed by atoms with Gasteiger partial charge in [0.1, 0.15) is 5.75 Å². The number of rotatable bonds is 4. The maximum absolute atomic E-state index is 5.78. The second-order valence-corrected chi connectivity index (χ2v) is 6.58. The molecule has 0 saturated heterocycles. The molecule has 110 valence electrons. The summed E-state index contributed by atoms with van der Waals surface area (Å²) in [5.74, 6) is 1.07. The number of halogens is 1. The molecule has 1 aliphatic heterocycles. The lowest BCUT2D eigenvalue weighted by Crippen LogP contribution is -2.18. The Morgan fingerprint density at radius 3 is 2.76 bits per heavy atom. The molecule has 1 atom stereocenters. The lowest BCUT2D eigenvalue weighted by molar-refractivity contribution is 0.351. The number of benzene rings is 2. The third kappa shape index (κ3) is 3.30. The van der Waals surface area contributed by atoms with Crippen molar-refractivity contribution in [3.05, 3.63) is 63.1 Å². The van der Waals surface area contributed by atoms with Gasteiger partial charge in [0.2, 0.25) is 0 Å². The summed E-state index contributed by atoms with van der Waals surface area (Å²) in [6.45, 7) is 5.93. The van der Waals surface area contributed by atoms with Crippen molar-refractivity contribution in [1.82, 2.24) is 5.32 Å². The van der Waals surface area contributed by atoms with E-state index < -0.39 is 0 Å². The molecule has 0 spiro atoms. The molecule has 0 aliphatic carbocycles. The fourth-order valence-electron chi connectivity index (χ4n) is 2.71. The summed E-state index contributed by atoms with van der Waals surface area (Å²) in [7, 11) is 0. The molecule has 1 heterocycles. The number of ether oxygens (including phenoxy) is 1. The van der Waals surface area contributed by atoms with Crippen LogP contribution in [0.15, 0.2) is 40.9 Å². The van der Waals surface area contributed by atoms with E-state index in [1.807, 2.05) is 0 Å². The predicted octanol–water partition coefficient (Wildman–Crippen LogP) is 4.54. The third-order valence-electron chi connectivity index (χ3n) is 4.00. The summed E-state index contributed by atoms with van der Waals surface area (Å²) >= 11 is 3.59. The highest BCUT2D eigenvalue weighted by molar-refractivity contribution is 9.10. The molecule has 2 aromatic rings. The van der Waals surface area contributed by atoms with E-state index in [2.05, 4.69) is 71.5 Å². The van der Waals surface area contributed by atoms with Crippen LogP contribution < -0.4 is 10.1 Å². The fraction of sp³-hybridized carbons (Fsp3) is 0.333. The molecule has 0 aromatic heterocycles. The van der Waals surface area contributed by atoms with Gasteiger partial charge >= 0.3 is 0 Å². The van der Waals surface area contributed by atoms with Crippen molar-refractivity contribution in [2.24, 2.45) is 0 Å². The monoisotopic (exact) mass is 345 g/mol. The highest BCUT2D eigenvalue weighted by atomic mass is 79.9. The van der Waals surface area contributed by atoms with Crippen molar-refractivity contribution in [1.29, 1.82) is 0 Å². The molecule has 0 amide bonds. The first-order valence-corrected chi connectivity index (χ1v) is 8.17. The van der Waals surface area contributed by atoms with Crippen molar-refractivity contribution in [2.45, 2.75) is 32.9 Å². The van der Waals surface area contributed by atoms with Gasteiger partial charge in [-0.1, -0.05) is 45.8 Å². The van der Waals surface area contributed by atoms with Crippen molar-refractivity contribution >= 4 is 15.9 Å². The first kappa shape index (κ1) is 14.6. The molecule has 21 heavy (non-hydrogen) atoms. The quantitative estimate of drug-likeness (QED) is 0.877. The van der Waals surface area contributed by atoms with Gasteiger partial charge in [0.05, 0.1) is 6.61 Å². The van der Waals surface area contributed by atoms with E-state index in [-0.39, 0.29) is 0 Å². The van der Waals surface area contributed by atoms with Crippen molar-refractivity contribution < 1.29 is 4.74 Å². The summed E-state index contributed by atoms with van der Waals surface area (Å²) in [6, 6.07) is 13.3. The summed E-state index contributed by atoms with van der Waals surface area (Å²) in [5.41, 5.74) is 5.15. The van der Waals surface area contributed by atoms with E-state index in [9.17, 15) is 0 Å². The third-order valence-corrected chi connectivity index (χ3v) is 4.46. The van der Waals surface area contributed by atoms with E-state index in [1.54, 1.807) is 0 Å². The average molecular weight is 346 g/mol. The Kier molecular flexibility index (Phi) is 4.32. The zero-order chi connectivity index (χ0) is 14.8. The van der Waals surface area contributed by atoms with Gasteiger partial charge < -0.3 is 10.1 Å². The standard InChI is InChI=1S/C18H20BrNO/c1-12-3-5-14(6-4-12)13(2)20-11-16-10-17(19)9-15-7-8-21-18(15)16/h3-6,9-10,13,20H,7-8,11H2,1-2H3/t13-/m0/s1. The maximum Gasteiger partial charge on any atom is 0.127 e. The van der Waals surface area contributed by atoms with Crippen LogP contribution in [0.3, 0.4) is 0 Å². The van der Waals surface area contributed by atoms with Gasteiger partial charge in [-0.3, -0.25) is 0 Å². The van der Waals surface area contributed by atoms with E-state index in [4.69, 9.17) is 4.74 Å². The highest BCUT2D eigenvalue weighted by Crippen LogP contribution is 2.33. The molecule has 0 unspecified atom stereocenters. The zero-order valence-electron chi connectivity index (χ0n) is 12.4. The van der Waals surface area contributed by atoms with Crippen molar-refractivity contribution in [3.63, 3.8) is 0 Å². The molecule has 1 N–H and O–H groups in total. The highest BCUT2D eigenvalue weighted by Gasteiger charge is 2.17. The smallest absolute Gasteiger partial charge is 0.127 e. The molecule has 0 bridgehead atoms. The van der Waals surface area contributed by atoms with Crippen LogP contribution in [-0.2, 0) is 13.0 Å². The van der Waals surface area contributed by atoms with Crippen molar-refractivity contribution in [3.8, 4) is 5.75 Å². The Bertz CT molecular complexity index is 636. The van der Waals surface area contributed by atoms with Crippen LogP contribution in [0.1, 0.15) is 35.2 Å². The molecule has 2 aromatic carbocycles. The second kappa shape index (κ2) is 6.20.